The zero-order chi connectivity index (χ0) is 17.1. The van der Waals surface area contributed by atoms with Crippen molar-refractivity contribution in [3.63, 3.8) is 0 Å². The molecule has 0 bridgehead atoms. The molecular formula is C17H24N4O3. The van der Waals surface area contributed by atoms with Crippen LogP contribution in [-0.4, -0.2) is 57.5 Å². The van der Waals surface area contributed by atoms with Crippen LogP contribution in [0.4, 0.5) is 5.95 Å². The fraction of sp³-hybridized carbons (Fsp3) is 0.647. The van der Waals surface area contributed by atoms with Crippen LogP contribution in [0, 0.1) is 6.92 Å². The van der Waals surface area contributed by atoms with Gasteiger partial charge in [-0.15, -0.1) is 0 Å². The Bertz CT molecular complexity index is 628. The van der Waals surface area contributed by atoms with Crippen LogP contribution in [0.2, 0.25) is 0 Å². The van der Waals surface area contributed by atoms with Gasteiger partial charge in [0.25, 0.3) is 5.91 Å². The van der Waals surface area contributed by atoms with E-state index in [1.165, 1.54) is 11.3 Å². The predicted octanol–water partition coefficient (Wildman–Crippen LogP) is 1.85. The molecule has 2 fully saturated rings. The number of aromatic nitrogens is 2. The van der Waals surface area contributed by atoms with Crippen molar-refractivity contribution in [2.24, 2.45) is 0 Å². The normalized spacial score (nSPS) is 21.6. The lowest BCUT2D eigenvalue weighted by Crippen LogP contribution is -2.48. The molecule has 0 saturated carbocycles. The Balaban J connectivity index is 1.80. The first kappa shape index (κ1) is 16.7. The summed E-state index contributed by atoms with van der Waals surface area (Å²) < 4.78 is 0. The fourth-order valence-electron chi connectivity index (χ4n) is 3.50. The highest BCUT2D eigenvalue weighted by Crippen LogP contribution is 2.22. The van der Waals surface area contributed by atoms with Crippen LogP contribution >= 0.6 is 0 Å². The number of likely N-dealkylation sites (tertiary alicyclic amines) is 1. The summed E-state index contributed by atoms with van der Waals surface area (Å²) in [6.07, 6.45) is 7.24. The maximum absolute atomic E-state index is 12.8. The van der Waals surface area contributed by atoms with E-state index in [0.29, 0.717) is 30.2 Å². The van der Waals surface area contributed by atoms with E-state index < -0.39 is 12.0 Å². The first-order chi connectivity index (χ1) is 11.6. The van der Waals surface area contributed by atoms with Crippen LogP contribution in [0.3, 0.4) is 0 Å². The largest absolute Gasteiger partial charge is 0.480 e. The molecule has 7 heteroatoms. The lowest BCUT2D eigenvalue weighted by atomic mass is 10.0. The zero-order valence-electron chi connectivity index (χ0n) is 14.1. The summed E-state index contributed by atoms with van der Waals surface area (Å²) in [5.41, 5.74) is 1.02. The average molecular weight is 332 g/mol. The van der Waals surface area contributed by atoms with Crippen molar-refractivity contribution in [2.45, 2.75) is 51.5 Å². The molecule has 0 aromatic carbocycles. The second kappa shape index (κ2) is 7.15. The molecule has 7 nitrogen and oxygen atoms in total. The number of nitrogens with zero attached hydrogens (tertiary/aromatic N) is 4. The number of aryl methyl sites for hydroxylation is 1. The van der Waals surface area contributed by atoms with Gasteiger partial charge < -0.3 is 14.9 Å². The van der Waals surface area contributed by atoms with Crippen LogP contribution in [-0.2, 0) is 4.79 Å². The number of hydrogen-bond acceptors (Lipinski definition) is 5. The molecule has 1 N–H and O–H groups in total. The van der Waals surface area contributed by atoms with Gasteiger partial charge in [0, 0.05) is 25.8 Å². The van der Waals surface area contributed by atoms with Crippen molar-refractivity contribution in [3.05, 3.63) is 17.5 Å². The number of carboxylic acid groups (broad SMARTS) is 1. The molecule has 0 radical (unpaired) electrons. The lowest BCUT2D eigenvalue weighted by molar-refractivity contribution is -0.143. The third-order valence-corrected chi connectivity index (χ3v) is 4.88. The number of hydrogen-bond donors (Lipinski definition) is 1. The second-order valence-corrected chi connectivity index (χ2v) is 6.57. The van der Waals surface area contributed by atoms with Gasteiger partial charge in [-0.1, -0.05) is 0 Å². The highest BCUT2D eigenvalue weighted by molar-refractivity contribution is 5.97. The maximum atomic E-state index is 12.8. The van der Waals surface area contributed by atoms with Gasteiger partial charge >= 0.3 is 5.97 Å². The van der Waals surface area contributed by atoms with Crippen molar-refractivity contribution in [1.82, 2.24) is 14.9 Å². The Morgan fingerprint density at radius 3 is 2.50 bits per heavy atom. The molecule has 1 aromatic heterocycles. The number of amides is 1. The number of carboxylic acids is 1. The number of anilines is 1. The van der Waals surface area contributed by atoms with Crippen LogP contribution in [0.5, 0.6) is 0 Å². The fourth-order valence-corrected chi connectivity index (χ4v) is 3.50. The van der Waals surface area contributed by atoms with E-state index in [0.717, 1.165) is 38.8 Å². The van der Waals surface area contributed by atoms with E-state index >= 15 is 0 Å². The van der Waals surface area contributed by atoms with Crippen LogP contribution in [0.15, 0.2) is 6.20 Å². The van der Waals surface area contributed by atoms with Crippen molar-refractivity contribution < 1.29 is 14.7 Å². The van der Waals surface area contributed by atoms with Crippen molar-refractivity contribution in [2.75, 3.05) is 24.5 Å². The summed E-state index contributed by atoms with van der Waals surface area (Å²) in [5.74, 6) is -0.548. The Kier molecular flexibility index (Phi) is 4.97. The predicted molar refractivity (Wildman–Crippen MR) is 89.1 cm³/mol. The molecule has 1 aromatic rings. The molecule has 2 aliphatic rings. The number of carbonyl (C=O) groups is 2. The lowest BCUT2D eigenvalue weighted by Gasteiger charge is -2.33. The molecule has 1 amide bonds. The van der Waals surface area contributed by atoms with Crippen molar-refractivity contribution in [1.29, 1.82) is 0 Å². The van der Waals surface area contributed by atoms with Crippen LogP contribution < -0.4 is 4.90 Å². The number of carbonyl (C=O) groups excluding carboxylic acids is 1. The SMILES string of the molecule is Cc1nc(N2CCCCC2)ncc1C(=O)N1CCCCC1C(=O)O. The summed E-state index contributed by atoms with van der Waals surface area (Å²) in [4.78, 5) is 36.7. The van der Waals surface area contributed by atoms with Gasteiger partial charge in [-0.3, -0.25) is 4.79 Å². The highest BCUT2D eigenvalue weighted by Gasteiger charge is 2.33. The summed E-state index contributed by atoms with van der Waals surface area (Å²) in [5, 5.41) is 9.36. The Labute approximate surface area is 141 Å². The Hall–Kier alpha value is -2.18. The molecule has 2 saturated heterocycles. The standard InChI is InChI=1S/C17H24N4O3/c1-12-13(11-18-17(19-12)20-8-4-2-5-9-20)15(22)21-10-6-3-7-14(21)16(23)24/h11,14H,2-10H2,1H3,(H,23,24). The first-order valence-electron chi connectivity index (χ1n) is 8.70. The Morgan fingerprint density at radius 1 is 1.12 bits per heavy atom. The highest BCUT2D eigenvalue weighted by atomic mass is 16.4. The molecule has 2 aliphatic heterocycles. The van der Waals surface area contributed by atoms with Gasteiger partial charge in [0.15, 0.2) is 0 Å². The summed E-state index contributed by atoms with van der Waals surface area (Å²) in [6, 6.07) is -0.743. The van der Waals surface area contributed by atoms with Gasteiger partial charge in [0.2, 0.25) is 5.95 Å². The third kappa shape index (κ3) is 3.34. The van der Waals surface area contributed by atoms with E-state index in [9.17, 15) is 14.7 Å². The van der Waals surface area contributed by atoms with Gasteiger partial charge in [0.05, 0.1) is 11.3 Å². The minimum Gasteiger partial charge on any atom is -0.480 e. The monoisotopic (exact) mass is 332 g/mol. The maximum Gasteiger partial charge on any atom is 0.326 e. The third-order valence-electron chi connectivity index (χ3n) is 4.88. The van der Waals surface area contributed by atoms with E-state index in [1.807, 2.05) is 0 Å². The van der Waals surface area contributed by atoms with E-state index in [4.69, 9.17) is 0 Å². The molecule has 0 spiro atoms. The molecule has 1 unspecified atom stereocenters. The summed E-state index contributed by atoms with van der Waals surface area (Å²) in [6.45, 7) is 4.16. The minimum absolute atomic E-state index is 0.273. The second-order valence-electron chi connectivity index (χ2n) is 6.57. The summed E-state index contributed by atoms with van der Waals surface area (Å²) in [7, 11) is 0. The van der Waals surface area contributed by atoms with Crippen molar-refractivity contribution >= 4 is 17.8 Å². The quantitative estimate of drug-likeness (QED) is 0.909. The zero-order valence-corrected chi connectivity index (χ0v) is 14.1. The van der Waals surface area contributed by atoms with Gasteiger partial charge in [-0.2, -0.15) is 0 Å². The van der Waals surface area contributed by atoms with E-state index in [1.54, 1.807) is 13.1 Å². The molecule has 0 aliphatic carbocycles. The minimum atomic E-state index is -0.938. The molecule has 3 rings (SSSR count). The molecule has 130 valence electrons. The first-order valence-corrected chi connectivity index (χ1v) is 8.70. The van der Waals surface area contributed by atoms with Crippen LogP contribution in [0.1, 0.15) is 54.6 Å². The van der Waals surface area contributed by atoms with Crippen molar-refractivity contribution in [3.8, 4) is 0 Å². The number of piperidine rings is 2. The van der Waals surface area contributed by atoms with Gasteiger partial charge in [-0.05, 0) is 45.4 Å². The smallest absolute Gasteiger partial charge is 0.326 e. The summed E-state index contributed by atoms with van der Waals surface area (Å²) >= 11 is 0. The molecule has 1 atom stereocenters. The topological polar surface area (TPSA) is 86.6 Å². The number of aliphatic carboxylic acids is 1. The average Bonchev–Trinajstić information content (AvgIpc) is 2.62. The van der Waals surface area contributed by atoms with E-state index in [-0.39, 0.29) is 5.91 Å². The van der Waals surface area contributed by atoms with E-state index in [2.05, 4.69) is 14.9 Å². The van der Waals surface area contributed by atoms with Gasteiger partial charge in [0.1, 0.15) is 6.04 Å². The van der Waals surface area contributed by atoms with Crippen LogP contribution in [0.25, 0.3) is 0 Å². The molecular weight excluding hydrogens is 308 g/mol. The number of rotatable bonds is 3. The van der Waals surface area contributed by atoms with Gasteiger partial charge in [-0.25, -0.2) is 14.8 Å². The Morgan fingerprint density at radius 2 is 1.83 bits per heavy atom. The molecule has 3 heterocycles. The molecule has 24 heavy (non-hydrogen) atoms.